The number of likely N-dealkylation sites (tertiary alicyclic amines) is 1. The third-order valence-electron chi connectivity index (χ3n) is 5.46. The molecule has 1 aromatic carbocycles. The summed E-state index contributed by atoms with van der Waals surface area (Å²) < 4.78 is 0.837. The summed E-state index contributed by atoms with van der Waals surface area (Å²) in [6.45, 7) is 5.46. The number of allylic oxidation sites excluding steroid dienone is 1. The van der Waals surface area contributed by atoms with Gasteiger partial charge in [-0.15, -0.1) is 11.3 Å². The van der Waals surface area contributed by atoms with Crippen LogP contribution in [-0.2, 0) is 6.42 Å². The number of amides is 1. The maximum absolute atomic E-state index is 13.3. The lowest BCUT2D eigenvalue weighted by Gasteiger charge is -2.32. The van der Waals surface area contributed by atoms with Crippen molar-refractivity contribution in [1.82, 2.24) is 4.90 Å². The van der Waals surface area contributed by atoms with Crippen molar-refractivity contribution >= 4 is 34.8 Å². The summed E-state index contributed by atoms with van der Waals surface area (Å²) >= 11 is 2.94. The molecule has 1 saturated heterocycles. The van der Waals surface area contributed by atoms with Crippen LogP contribution in [0.5, 0.6) is 0 Å². The number of carbonyl (C=O) groups excluding carboxylic acids is 2. The van der Waals surface area contributed by atoms with Crippen molar-refractivity contribution in [3.63, 3.8) is 0 Å². The summed E-state index contributed by atoms with van der Waals surface area (Å²) in [6, 6.07) is 9.87. The fraction of sp³-hybridized carbons (Fsp3) is 0.364. The van der Waals surface area contributed by atoms with Gasteiger partial charge in [0.25, 0.3) is 5.91 Å². The minimum absolute atomic E-state index is 0.0405. The van der Waals surface area contributed by atoms with E-state index in [1.54, 1.807) is 0 Å². The van der Waals surface area contributed by atoms with Gasteiger partial charge < -0.3 is 10.0 Å². The summed E-state index contributed by atoms with van der Waals surface area (Å²) in [7, 11) is 0. The predicted molar refractivity (Wildman–Crippen MR) is 113 cm³/mol. The molecule has 1 aliphatic heterocycles. The van der Waals surface area contributed by atoms with Crippen molar-refractivity contribution in [2.45, 2.75) is 42.2 Å². The van der Waals surface area contributed by atoms with Crippen LogP contribution in [0.15, 0.2) is 51.3 Å². The largest absolute Gasteiger partial charge is 0.515 e. The highest BCUT2D eigenvalue weighted by molar-refractivity contribution is 8.01. The van der Waals surface area contributed by atoms with Gasteiger partial charge >= 0.3 is 0 Å². The smallest absolute Gasteiger partial charge is 0.264 e. The normalized spacial score (nSPS) is 19.9. The maximum Gasteiger partial charge on any atom is 0.264 e. The molecule has 0 bridgehead atoms. The monoisotopic (exact) mass is 413 g/mol. The summed E-state index contributed by atoms with van der Waals surface area (Å²) in [5.74, 6) is -0.123. The molecule has 1 N–H and O–H groups in total. The lowest BCUT2D eigenvalue weighted by Crippen LogP contribution is -2.33. The number of carbonyl (C=O) groups is 2. The number of ketones is 1. The Labute approximate surface area is 173 Å². The van der Waals surface area contributed by atoms with Gasteiger partial charge in [-0.05, 0) is 37.0 Å². The van der Waals surface area contributed by atoms with Gasteiger partial charge in [-0.2, -0.15) is 0 Å². The molecule has 1 fully saturated rings. The molecular weight excluding hydrogens is 390 g/mol. The Hall–Kier alpha value is -2.05. The van der Waals surface area contributed by atoms with Crippen molar-refractivity contribution < 1.29 is 14.7 Å². The standard InChI is InChI=1S/C22H23NO3S2/c1-22(2)12-15-17(18(25)16(22)13-24)21(27-14-8-4-3-5-9-14)28-19(15)20(26)23-10-6-7-11-23/h3-5,8-9,13,24H,6-7,10-12H2,1-2H3/b16-13-. The van der Waals surface area contributed by atoms with Gasteiger partial charge in [-0.3, -0.25) is 9.59 Å². The van der Waals surface area contributed by atoms with E-state index in [-0.39, 0.29) is 11.7 Å². The average molecular weight is 414 g/mol. The SMILES string of the molecule is CC1(C)Cc2c(C(=O)N3CCCC3)sc(Sc3ccccc3)c2C(=O)/C1=C/O. The number of hydrogen-bond donors (Lipinski definition) is 1. The molecule has 1 aliphatic carbocycles. The third-order valence-corrected chi connectivity index (χ3v) is 7.88. The first kappa shape index (κ1) is 19.3. The van der Waals surface area contributed by atoms with Crippen molar-refractivity contribution in [2.24, 2.45) is 5.41 Å². The number of hydrogen-bond acceptors (Lipinski definition) is 5. The van der Waals surface area contributed by atoms with E-state index in [0.29, 0.717) is 22.4 Å². The Morgan fingerprint density at radius 2 is 1.89 bits per heavy atom. The van der Waals surface area contributed by atoms with Crippen LogP contribution < -0.4 is 0 Å². The molecule has 6 heteroatoms. The molecule has 2 aliphatic rings. The molecule has 0 saturated carbocycles. The number of Topliss-reactive ketones (excluding diaryl/α,β-unsaturated/α-hetero) is 1. The molecule has 0 atom stereocenters. The zero-order valence-electron chi connectivity index (χ0n) is 16.0. The average Bonchev–Trinajstić information content (AvgIpc) is 3.30. The number of aliphatic hydroxyl groups excluding tert-OH is 1. The number of rotatable bonds is 3. The number of aliphatic hydroxyl groups is 1. The zero-order valence-corrected chi connectivity index (χ0v) is 17.7. The molecule has 0 unspecified atom stereocenters. The summed E-state index contributed by atoms with van der Waals surface area (Å²) in [6.07, 6.45) is 3.59. The van der Waals surface area contributed by atoms with Gasteiger partial charge in [-0.25, -0.2) is 0 Å². The Kier molecular flexibility index (Phi) is 5.10. The minimum Gasteiger partial charge on any atom is -0.515 e. The van der Waals surface area contributed by atoms with E-state index >= 15 is 0 Å². The quantitative estimate of drug-likeness (QED) is 0.545. The first-order valence-corrected chi connectivity index (χ1v) is 11.1. The van der Waals surface area contributed by atoms with Crippen LogP contribution in [0.4, 0.5) is 0 Å². The highest BCUT2D eigenvalue weighted by Crippen LogP contribution is 2.49. The summed E-state index contributed by atoms with van der Waals surface area (Å²) in [5, 5.41) is 9.73. The predicted octanol–water partition coefficient (Wildman–Crippen LogP) is 5.34. The van der Waals surface area contributed by atoms with Crippen LogP contribution in [0, 0.1) is 5.41 Å². The van der Waals surface area contributed by atoms with E-state index in [2.05, 4.69) is 0 Å². The van der Waals surface area contributed by atoms with Crippen LogP contribution >= 0.6 is 23.1 Å². The molecule has 146 valence electrons. The molecule has 2 aromatic rings. The second kappa shape index (κ2) is 7.41. The van der Waals surface area contributed by atoms with E-state index in [4.69, 9.17) is 0 Å². The van der Waals surface area contributed by atoms with Crippen molar-refractivity contribution in [1.29, 1.82) is 0 Å². The Morgan fingerprint density at radius 3 is 2.54 bits per heavy atom. The van der Waals surface area contributed by atoms with E-state index in [1.165, 1.54) is 23.1 Å². The molecule has 2 heterocycles. The van der Waals surface area contributed by atoms with Crippen LogP contribution in [0.3, 0.4) is 0 Å². The highest BCUT2D eigenvalue weighted by Gasteiger charge is 2.42. The van der Waals surface area contributed by atoms with E-state index in [9.17, 15) is 14.7 Å². The van der Waals surface area contributed by atoms with Crippen molar-refractivity contribution in [3.05, 3.63) is 58.2 Å². The summed E-state index contributed by atoms with van der Waals surface area (Å²) in [5.41, 5.74) is 1.35. The van der Waals surface area contributed by atoms with Gasteiger partial charge in [0.15, 0.2) is 5.78 Å². The maximum atomic E-state index is 13.3. The zero-order chi connectivity index (χ0) is 19.9. The molecule has 1 aromatic heterocycles. The first-order valence-electron chi connectivity index (χ1n) is 9.50. The van der Waals surface area contributed by atoms with Crippen LogP contribution in [0.25, 0.3) is 0 Å². The van der Waals surface area contributed by atoms with Crippen LogP contribution in [-0.4, -0.2) is 34.8 Å². The molecule has 28 heavy (non-hydrogen) atoms. The fourth-order valence-corrected chi connectivity index (χ4v) is 6.50. The topological polar surface area (TPSA) is 57.6 Å². The second-order valence-electron chi connectivity index (χ2n) is 7.92. The van der Waals surface area contributed by atoms with Crippen LogP contribution in [0.1, 0.15) is 52.3 Å². The van der Waals surface area contributed by atoms with E-state index in [0.717, 1.165) is 46.9 Å². The lowest BCUT2D eigenvalue weighted by atomic mass is 9.71. The second-order valence-corrected chi connectivity index (χ2v) is 10.3. The Balaban J connectivity index is 1.83. The van der Waals surface area contributed by atoms with Gasteiger partial charge in [0, 0.05) is 29.0 Å². The summed E-state index contributed by atoms with van der Waals surface area (Å²) in [4.78, 5) is 30.1. The molecular formula is C22H23NO3S2. The molecule has 0 spiro atoms. The molecule has 4 nitrogen and oxygen atoms in total. The third kappa shape index (κ3) is 3.29. The number of benzene rings is 1. The fourth-order valence-electron chi connectivity index (χ4n) is 3.96. The van der Waals surface area contributed by atoms with Gasteiger partial charge in [0.2, 0.25) is 0 Å². The number of fused-ring (bicyclic) bond motifs is 1. The lowest BCUT2D eigenvalue weighted by molar-refractivity contribution is 0.0796. The first-order chi connectivity index (χ1) is 13.4. The minimum atomic E-state index is -0.505. The van der Waals surface area contributed by atoms with E-state index < -0.39 is 5.41 Å². The van der Waals surface area contributed by atoms with Gasteiger partial charge in [0.1, 0.15) is 0 Å². The van der Waals surface area contributed by atoms with Crippen LogP contribution in [0.2, 0.25) is 0 Å². The number of thiophene rings is 1. The number of nitrogens with zero attached hydrogens (tertiary/aromatic N) is 1. The Morgan fingerprint density at radius 1 is 1.21 bits per heavy atom. The van der Waals surface area contributed by atoms with Crippen molar-refractivity contribution in [2.75, 3.05) is 13.1 Å². The molecule has 0 radical (unpaired) electrons. The van der Waals surface area contributed by atoms with Gasteiger partial charge in [0.05, 0.1) is 20.9 Å². The van der Waals surface area contributed by atoms with Gasteiger partial charge in [-0.1, -0.05) is 43.8 Å². The Bertz CT molecular complexity index is 954. The molecule has 4 rings (SSSR count). The molecule has 1 amide bonds. The highest BCUT2D eigenvalue weighted by atomic mass is 32.2. The van der Waals surface area contributed by atoms with Crippen molar-refractivity contribution in [3.8, 4) is 0 Å². The van der Waals surface area contributed by atoms with E-state index in [1.807, 2.05) is 49.1 Å².